The minimum absolute atomic E-state index is 0.00159. The van der Waals surface area contributed by atoms with Gasteiger partial charge in [0.1, 0.15) is 0 Å². The average molecular weight is 266 g/mol. The zero-order valence-electron chi connectivity index (χ0n) is 10.3. The fraction of sp³-hybridized carbons (Fsp3) is 0.417. The minimum atomic E-state index is -0.0225. The van der Waals surface area contributed by atoms with E-state index in [4.69, 9.17) is 4.74 Å². The molecule has 1 aliphatic heterocycles. The molecule has 0 radical (unpaired) electrons. The maximum absolute atomic E-state index is 11.9. The van der Waals surface area contributed by atoms with Crippen LogP contribution in [0.2, 0.25) is 0 Å². The predicted molar refractivity (Wildman–Crippen MR) is 69.8 cm³/mol. The monoisotopic (exact) mass is 266 g/mol. The minimum Gasteiger partial charge on any atom is -0.493 e. The van der Waals surface area contributed by atoms with Gasteiger partial charge in [-0.05, 0) is 12.1 Å². The Kier molecular flexibility index (Phi) is 3.86. The van der Waals surface area contributed by atoms with Crippen molar-refractivity contribution in [2.75, 3.05) is 18.6 Å². The Morgan fingerprint density at radius 1 is 1.61 bits per heavy atom. The molecule has 1 aromatic heterocycles. The number of methoxy groups -OCH3 is 1. The van der Waals surface area contributed by atoms with Gasteiger partial charge >= 0.3 is 0 Å². The van der Waals surface area contributed by atoms with Gasteiger partial charge in [0.2, 0.25) is 5.91 Å². The number of thioether (sulfide) groups is 1. The van der Waals surface area contributed by atoms with Gasteiger partial charge in [0.25, 0.3) is 0 Å². The molecule has 2 rings (SSSR count). The Labute approximate surface area is 110 Å². The molecule has 0 aromatic carbocycles. The number of carbonyl (C=O) groups is 2. The highest BCUT2D eigenvalue weighted by atomic mass is 32.2. The van der Waals surface area contributed by atoms with Crippen LogP contribution in [0.5, 0.6) is 5.75 Å². The molecule has 2 heterocycles. The summed E-state index contributed by atoms with van der Waals surface area (Å²) in [5.41, 5.74) is 0. The number of amides is 1. The van der Waals surface area contributed by atoms with Crippen molar-refractivity contribution in [1.82, 2.24) is 4.98 Å². The lowest BCUT2D eigenvalue weighted by atomic mass is 10.4. The summed E-state index contributed by atoms with van der Waals surface area (Å²) in [5.74, 6) is 1.07. The summed E-state index contributed by atoms with van der Waals surface area (Å²) in [5, 5.41) is 0.0318. The summed E-state index contributed by atoms with van der Waals surface area (Å²) in [6.45, 7) is 2.01. The standard InChI is InChI=1S/C12H14N2O3S/c1-8(15)18-9-6-11(16)14(7-9)12-10(17-2)4-3-5-13-12/h3-5,9H,6-7H2,1-2H3. The van der Waals surface area contributed by atoms with Gasteiger partial charge in [-0.15, -0.1) is 0 Å². The maximum Gasteiger partial charge on any atom is 0.229 e. The van der Waals surface area contributed by atoms with E-state index in [9.17, 15) is 9.59 Å². The van der Waals surface area contributed by atoms with Crippen molar-refractivity contribution >= 4 is 28.6 Å². The summed E-state index contributed by atoms with van der Waals surface area (Å²) in [6, 6.07) is 3.52. The fourth-order valence-corrected chi connectivity index (χ4v) is 2.86. The van der Waals surface area contributed by atoms with Crippen molar-refractivity contribution in [3.63, 3.8) is 0 Å². The summed E-state index contributed by atoms with van der Waals surface area (Å²) in [4.78, 5) is 28.8. The molecular formula is C12H14N2O3S. The Hall–Kier alpha value is -1.56. The van der Waals surface area contributed by atoms with Crippen molar-refractivity contribution in [2.24, 2.45) is 0 Å². The molecular weight excluding hydrogens is 252 g/mol. The number of nitrogens with zero attached hydrogens (tertiary/aromatic N) is 2. The molecule has 6 heteroatoms. The van der Waals surface area contributed by atoms with E-state index in [0.717, 1.165) is 0 Å². The number of rotatable bonds is 3. The van der Waals surface area contributed by atoms with Gasteiger partial charge in [-0.2, -0.15) is 0 Å². The van der Waals surface area contributed by atoms with E-state index in [2.05, 4.69) is 4.98 Å². The van der Waals surface area contributed by atoms with Gasteiger partial charge in [-0.3, -0.25) is 14.5 Å². The molecule has 96 valence electrons. The summed E-state index contributed by atoms with van der Waals surface area (Å²) in [6.07, 6.45) is 1.99. The van der Waals surface area contributed by atoms with Crippen molar-refractivity contribution in [1.29, 1.82) is 0 Å². The first-order valence-corrected chi connectivity index (χ1v) is 6.46. The largest absolute Gasteiger partial charge is 0.493 e. The number of hydrogen-bond acceptors (Lipinski definition) is 5. The number of pyridine rings is 1. The lowest BCUT2D eigenvalue weighted by Gasteiger charge is -2.17. The Bertz CT molecular complexity index is 478. The van der Waals surface area contributed by atoms with E-state index in [-0.39, 0.29) is 16.3 Å². The van der Waals surface area contributed by atoms with Crippen LogP contribution in [0.15, 0.2) is 18.3 Å². The molecule has 1 aliphatic rings. The molecule has 0 bridgehead atoms. The van der Waals surface area contributed by atoms with Gasteiger partial charge in [0.15, 0.2) is 16.7 Å². The van der Waals surface area contributed by atoms with E-state index in [1.807, 2.05) is 0 Å². The summed E-state index contributed by atoms with van der Waals surface area (Å²) >= 11 is 1.21. The zero-order valence-corrected chi connectivity index (χ0v) is 11.1. The topological polar surface area (TPSA) is 59.5 Å². The van der Waals surface area contributed by atoms with Gasteiger partial charge in [0.05, 0.1) is 7.11 Å². The van der Waals surface area contributed by atoms with Crippen LogP contribution in [-0.4, -0.2) is 34.9 Å². The molecule has 1 fully saturated rings. The normalized spacial score (nSPS) is 19.1. The van der Waals surface area contributed by atoms with Crippen molar-refractivity contribution < 1.29 is 14.3 Å². The summed E-state index contributed by atoms with van der Waals surface area (Å²) < 4.78 is 5.19. The van der Waals surface area contributed by atoms with Crippen LogP contribution in [0.1, 0.15) is 13.3 Å². The molecule has 0 N–H and O–H groups in total. The first-order valence-electron chi connectivity index (χ1n) is 5.58. The third kappa shape index (κ3) is 2.64. The van der Waals surface area contributed by atoms with Crippen molar-refractivity contribution in [3.05, 3.63) is 18.3 Å². The SMILES string of the molecule is COc1cccnc1N1CC(SC(C)=O)CC1=O. The predicted octanol–water partition coefficient (Wildman–Crippen LogP) is 1.48. The second kappa shape index (κ2) is 5.39. The average Bonchev–Trinajstić information content (AvgIpc) is 2.69. The molecule has 1 saturated heterocycles. The van der Waals surface area contributed by atoms with E-state index in [1.165, 1.54) is 18.7 Å². The first-order chi connectivity index (χ1) is 8.61. The first kappa shape index (κ1) is 12.9. The van der Waals surface area contributed by atoms with Crippen molar-refractivity contribution in [2.45, 2.75) is 18.6 Å². The van der Waals surface area contributed by atoms with Crippen LogP contribution in [0.4, 0.5) is 5.82 Å². The molecule has 0 saturated carbocycles. The number of anilines is 1. The van der Waals surface area contributed by atoms with Crippen LogP contribution >= 0.6 is 11.8 Å². The van der Waals surface area contributed by atoms with Crippen molar-refractivity contribution in [3.8, 4) is 5.75 Å². The van der Waals surface area contributed by atoms with Gasteiger partial charge < -0.3 is 4.74 Å². The van der Waals surface area contributed by atoms with Crippen LogP contribution in [0.3, 0.4) is 0 Å². The number of hydrogen-bond donors (Lipinski definition) is 0. The highest BCUT2D eigenvalue weighted by Gasteiger charge is 2.33. The van der Waals surface area contributed by atoms with E-state index in [1.54, 1.807) is 30.3 Å². The smallest absolute Gasteiger partial charge is 0.229 e. The number of carbonyl (C=O) groups excluding carboxylic acids is 2. The van der Waals surface area contributed by atoms with Gasteiger partial charge in [-0.1, -0.05) is 11.8 Å². The third-order valence-electron chi connectivity index (χ3n) is 2.65. The highest BCUT2D eigenvalue weighted by molar-refractivity contribution is 8.14. The molecule has 5 nitrogen and oxygen atoms in total. The second-order valence-electron chi connectivity index (χ2n) is 3.97. The number of aromatic nitrogens is 1. The van der Waals surface area contributed by atoms with Gasteiger partial charge in [-0.25, -0.2) is 4.98 Å². The molecule has 1 atom stereocenters. The molecule has 1 unspecified atom stereocenters. The highest BCUT2D eigenvalue weighted by Crippen LogP contribution is 2.32. The summed E-state index contributed by atoms with van der Waals surface area (Å²) in [7, 11) is 1.54. The third-order valence-corrected chi connectivity index (χ3v) is 3.63. The molecule has 0 aliphatic carbocycles. The van der Waals surface area contributed by atoms with Crippen LogP contribution in [0, 0.1) is 0 Å². The van der Waals surface area contributed by atoms with Gasteiger partial charge in [0, 0.05) is 31.3 Å². The van der Waals surface area contributed by atoms with Crippen LogP contribution in [0.25, 0.3) is 0 Å². The maximum atomic E-state index is 11.9. The quantitative estimate of drug-likeness (QED) is 0.829. The van der Waals surface area contributed by atoms with E-state index in [0.29, 0.717) is 24.5 Å². The number of ether oxygens (including phenoxy) is 1. The van der Waals surface area contributed by atoms with Crippen LogP contribution in [-0.2, 0) is 9.59 Å². The molecule has 1 aromatic rings. The Morgan fingerprint density at radius 3 is 3.06 bits per heavy atom. The lowest BCUT2D eigenvalue weighted by molar-refractivity contribution is -0.117. The zero-order chi connectivity index (χ0) is 13.1. The Balaban J connectivity index is 2.19. The fourth-order valence-electron chi connectivity index (χ4n) is 1.94. The van der Waals surface area contributed by atoms with E-state index >= 15 is 0 Å². The molecule has 0 spiro atoms. The van der Waals surface area contributed by atoms with E-state index < -0.39 is 0 Å². The molecule has 18 heavy (non-hydrogen) atoms. The second-order valence-corrected chi connectivity index (χ2v) is 5.45. The molecule has 1 amide bonds. The Morgan fingerprint density at radius 2 is 2.39 bits per heavy atom. The lowest BCUT2D eigenvalue weighted by Crippen LogP contribution is -2.26. The van der Waals surface area contributed by atoms with Crippen LogP contribution < -0.4 is 9.64 Å².